The number of anilines is 1. The summed E-state index contributed by atoms with van der Waals surface area (Å²) in [6.45, 7) is 3.42. The van der Waals surface area contributed by atoms with E-state index in [2.05, 4.69) is 10.6 Å². The zero-order valence-electron chi connectivity index (χ0n) is 11.3. The van der Waals surface area contributed by atoms with Gasteiger partial charge in [0.25, 0.3) is 0 Å². The van der Waals surface area contributed by atoms with Crippen LogP contribution < -0.4 is 10.6 Å². The fraction of sp³-hybridized carbons (Fsp3) is 0.308. The average Bonchev–Trinajstić information content (AvgIpc) is 3.30. The number of benzene rings is 1. The minimum absolute atomic E-state index is 0.378. The number of carbonyl (C=O) groups excluding carboxylic acids is 1. The van der Waals surface area contributed by atoms with Crippen LogP contribution in [0, 0.1) is 0 Å². The monoisotopic (exact) mass is 326 g/mol. The number of rotatable bonds is 5. The van der Waals surface area contributed by atoms with Gasteiger partial charge in [0.1, 0.15) is 0 Å². The molecule has 0 radical (unpaired) electrons. The fourth-order valence-electron chi connectivity index (χ4n) is 1.94. The molecule has 2 N–H and O–H groups in total. The van der Waals surface area contributed by atoms with E-state index in [1.54, 1.807) is 30.1 Å². The Hall–Kier alpha value is -1.33. The molecule has 1 aromatic rings. The molecule has 21 heavy (non-hydrogen) atoms. The number of halogens is 1. The number of carbonyl (C=O) groups is 1. The predicted molar refractivity (Wildman–Crippen MR) is 83.5 cm³/mol. The molecular formula is C13H16ClN4O2P. The van der Waals surface area contributed by atoms with Crippen molar-refractivity contribution in [1.29, 1.82) is 0 Å². The van der Waals surface area contributed by atoms with E-state index in [-0.39, 0.29) is 6.03 Å². The first-order valence-electron chi connectivity index (χ1n) is 6.69. The first-order valence-corrected chi connectivity index (χ1v) is 8.75. The van der Waals surface area contributed by atoms with E-state index in [1.807, 2.05) is 9.34 Å². The number of hydrogen-bond donors (Lipinski definition) is 2. The summed E-state index contributed by atoms with van der Waals surface area (Å²) < 4.78 is 16.5. The molecule has 6 nitrogen and oxygen atoms in total. The summed E-state index contributed by atoms with van der Waals surface area (Å²) in [5.74, 6) is 1.61. The summed E-state index contributed by atoms with van der Waals surface area (Å²) >= 11 is 5.77. The van der Waals surface area contributed by atoms with Crippen LogP contribution in [-0.4, -0.2) is 41.6 Å². The van der Waals surface area contributed by atoms with Gasteiger partial charge in [-0.25, -0.2) is 14.1 Å². The summed E-state index contributed by atoms with van der Waals surface area (Å²) in [6, 6.07) is 6.44. The van der Waals surface area contributed by atoms with Crippen LogP contribution in [0.25, 0.3) is 0 Å². The first-order chi connectivity index (χ1) is 10.1. The lowest BCUT2D eigenvalue weighted by molar-refractivity contribution is 0.255. The van der Waals surface area contributed by atoms with Crippen molar-refractivity contribution >= 4 is 30.8 Å². The summed E-state index contributed by atoms with van der Waals surface area (Å²) in [4.78, 5) is 11.7. The molecule has 1 aromatic carbocycles. The minimum Gasteiger partial charge on any atom is -0.314 e. The van der Waals surface area contributed by atoms with Gasteiger partial charge >= 0.3 is 6.03 Å². The molecule has 2 saturated heterocycles. The highest BCUT2D eigenvalue weighted by Gasteiger charge is 2.45. The highest BCUT2D eigenvalue weighted by atomic mass is 35.5. The Morgan fingerprint density at radius 2 is 1.71 bits per heavy atom. The minimum atomic E-state index is -2.56. The number of nitrogens with one attached hydrogen (secondary N) is 2. The molecule has 8 heteroatoms. The highest BCUT2D eigenvalue weighted by Crippen LogP contribution is 2.61. The molecule has 0 spiro atoms. The summed E-state index contributed by atoms with van der Waals surface area (Å²) in [6.07, 6.45) is 1.46. The zero-order chi connectivity index (χ0) is 14.9. The van der Waals surface area contributed by atoms with Crippen molar-refractivity contribution in [2.75, 3.05) is 31.5 Å². The molecule has 0 bridgehead atoms. The Morgan fingerprint density at radius 1 is 1.14 bits per heavy atom. The van der Waals surface area contributed by atoms with E-state index in [0.717, 1.165) is 26.2 Å². The zero-order valence-corrected chi connectivity index (χ0v) is 13.0. The van der Waals surface area contributed by atoms with Crippen LogP contribution in [0.3, 0.4) is 0 Å². The molecule has 0 aromatic heterocycles. The lowest BCUT2D eigenvalue weighted by Gasteiger charge is -2.15. The Labute approximate surface area is 128 Å². The molecule has 0 unspecified atom stereocenters. The Bertz CT molecular complexity index is 595. The van der Waals surface area contributed by atoms with Gasteiger partial charge in [0.05, 0.1) is 0 Å². The van der Waals surface area contributed by atoms with Crippen molar-refractivity contribution < 1.29 is 9.36 Å². The second kappa shape index (κ2) is 5.81. The molecule has 2 heterocycles. The van der Waals surface area contributed by atoms with Crippen molar-refractivity contribution in [3.63, 3.8) is 0 Å². The lowest BCUT2D eigenvalue weighted by Crippen LogP contribution is -2.23. The summed E-state index contributed by atoms with van der Waals surface area (Å²) in [5.41, 5.74) is 0.644. The van der Waals surface area contributed by atoms with Gasteiger partial charge in [-0.1, -0.05) is 11.6 Å². The Kier molecular flexibility index (Phi) is 4.04. The normalized spacial score (nSPS) is 18.7. The Morgan fingerprint density at radius 3 is 2.24 bits per heavy atom. The van der Waals surface area contributed by atoms with Gasteiger partial charge in [-0.15, -0.1) is 0 Å². The topological polar surface area (TPSA) is 64.2 Å². The SMILES string of the molecule is O=C(N/C=C/P(=O)(N1CC1)N1CC1)Nc1ccc(Cl)cc1. The maximum Gasteiger partial charge on any atom is 0.323 e. The average molecular weight is 327 g/mol. The van der Waals surface area contributed by atoms with Crippen molar-refractivity contribution in [3.8, 4) is 0 Å². The highest BCUT2D eigenvalue weighted by molar-refractivity contribution is 7.62. The van der Waals surface area contributed by atoms with Crippen LogP contribution in [0.5, 0.6) is 0 Å². The Balaban J connectivity index is 1.54. The smallest absolute Gasteiger partial charge is 0.314 e. The van der Waals surface area contributed by atoms with Gasteiger partial charge in [0.2, 0.25) is 7.44 Å². The first kappa shape index (κ1) is 14.6. The number of nitrogens with zero attached hydrogens (tertiary/aromatic N) is 2. The van der Waals surface area contributed by atoms with E-state index in [0.29, 0.717) is 10.7 Å². The van der Waals surface area contributed by atoms with E-state index < -0.39 is 7.44 Å². The van der Waals surface area contributed by atoms with Crippen molar-refractivity contribution in [1.82, 2.24) is 14.7 Å². The molecule has 2 aliphatic rings. The quantitative estimate of drug-likeness (QED) is 0.645. The summed E-state index contributed by atoms with van der Waals surface area (Å²) in [5, 5.41) is 5.86. The molecule has 2 fully saturated rings. The van der Waals surface area contributed by atoms with E-state index in [1.165, 1.54) is 6.20 Å². The standard InChI is InChI=1S/C13H16ClN4O2P/c14-11-1-3-12(4-2-11)16-13(19)15-5-10-21(20,17-6-7-17)18-8-9-18/h1-5,10H,6-9H2,(H2,15,16,19)/b10-5+. The van der Waals surface area contributed by atoms with E-state index >= 15 is 0 Å². The second-order valence-corrected chi connectivity index (χ2v) is 7.96. The maximum atomic E-state index is 12.7. The molecule has 3 rings (SSSR count). The number of urea groups is 1. The van der Waals surface area contributed by atoms with E-state index in [4.69, 9.17) is 11.6 Å². The van der Waals surface area contributed by atoms with E-state index in [9.17, 15) is 9.36 Å². The van der Waals surface area contributed by atoms with Gasteiger partial charge in [-0.05, 0) is 24.3 Å². The second-order valence-electron chi connectivity index (χ2n) is 4.92. The van der Waals surface area contributed by atoms with Crippen LogP contribution in [-0.2, 0) is 4.57 Å². The predicted octanol–water partition coefficient (Wildman–Crippen LogP) is 2.76. The van der Waals surface area contributed by atoms with Crippen LogP contribution in [0.4, 0.5) is 10.5 Å². The van der Waals surface area contributed by atoms with Crippen LogP contribution in [0.1, 0.15) is 0 Å². The third-order valence-electron chi connectivity index (χ3n) is 3.24. The fourth-order valence-corrected chi connectivity index (χ4v) is 4.40. The van der Waals surface area contributed by atoms with Crippen molar-refractivity contribution in [2.45, 2.75) is 0 Å². The van der Waals surface area contributed by atoms with Gasteiger partial charge in [0.15, 0.2) is 0 Å². The molecule has 2 aliphatic heterocycles. The number of hydrogen-bond acceptors (Lipinski definition) is 2. The van der Waals surface area contributed by atoms with Gasteiger partial charge in [-0.3, -0.25) is 4.57 Å². The van der Waals surface area contributed by atoms with Gasteiger partial charge in [-0.2, -0.15) is 0 Å². The number of amides is 2. The van der Waals surface area contributed by atoms with Crippen LogP contribution >= 0.6 is 19.0 Å². The molecule has 0 atom stereocenters. The molecule has 0 aliphatic carbocycles. The molecule has 2 amide bonds. The molecular weight excluding hydrogens is 311 g/mol. The van der Waals surface area contributed by atoms with Gasteiger partial charge in [0, 0.05) is 48.9 Å². The third-order valence-corrected chi connectivity index (χ3v) is 6.45. The maximum absolute atomic E-state index is 12.7. The van der Waals surface area contributed by atoms with Crippen LogP contribution in [0.15, 0.2) is 36.3 Å². The van der Waals surface area contributed by atoms with Crippen molar-refractivity contribution in [3.05, 3.63) is 41.3 Å². The summed E-state index contributed by atoms with van der Waals surface area (Å²) in [7, 11) is -2.56. The lowest BCUT2D eigenvalue weighted by atomic mass is 10.3. The third kappa shape index (κ3) is 3.66. The van der Waals surface area contributed by atoms with Gasteiger partial charge < -0.3 is 10.6 Å². The largest absolute Gasteiger partial charge is 0.323 e. The van der Waals surface area contributed by atoms with Crippen LogP contribution in [0.2, 0.25) is 5.02 Å². The van der Waals surface area contributed by atoms with Crippen molar-refractivity contribution in [2.24, 2.45) is 0 Å². The molecule has 0 saturated carbocycles. The molecule has 112 valence electrons.